The van der Waals surface area contributed by atoms with Gasteiger partial charge in [-0.1, -0.05) is 19.8 Å². The molecule has 2 nitrogen and oxygen atoms in total. The average Bonchev–Trinajstić information content (AvgIpc) is 2.68. The number of carbonyl (C=O) groups is 1. The zero-order chi connectivity index (χ0) is 11.5. The molecule has 1 aliphatic carbocycles. The minimum atomic E-state index is 0.0953. The molecule has 1 aliphatic rings. The van der Waals surface area contributed by atoms with E-state index in [0.29, 0.717) is 12.0 Å². The number of hydrogen-bond acceptors (Lipinski definition) is 2. The van der Waals surface area contributed by atoms with Gasteiger partial charge in [-0.15, -0.1) is 11.3 Å². The first-order valence-electron chi connectivity index (χ1n) is 5.71. The van der Waals surface area contributed by atoms with Crippen molar-refractivity contribution in [1.29, 1.82) is 0 Å². The van der Waals surface area contributed by atoms with E-state index >= 15 is 0 Å². The summed E-state index contributed by atoms with van der Waals surface area (Å²) in [5, 5.41) is 5.10. The molecule has 16 heavy (non-hydrogen) atoms. The minimum Gasteiger partial charge on any atom is -0.349 e. The van der Waals surface area contributed by atoms with Crippen LogP contribution >= 0.6 is 33.9 Å². The van der Waals surface area contributed by atoms with Crippen LogP contribution in [-0.2, 0) is 0 Å². The zero-order valence-electron chi connectivity index (χ0n) is 9.33. The largest absolute Gasteiger partial charge is 0.349 e. The van der Waals surface area contributed by atoms with Gasteiger partial charge in [-0.05, 0) is 47.4 Å². The van der Waals surface area contributed by atoms with Gasteiger partial charge in [0.2, 0.25) is 0 Å². The Bertz CT molecular complexity index is 377. The molecule has 1 aromatic heterocycles. The number of thiophene rings is 1. The second-order valence-corrected chi connectivity index (χ2v) is 7.29. The van der Waals surface area contributed by atoms with Crippen molar-refractivity contribution < 1.29 is 4.79 Å². The molecule has 0 aliphatic heterocycles. The van der Waals surface area contributed by atoms with Gasteiger partial charge in [0.1, 0.15) is 0 Å². The maximum Gasteiger partial charge on any atom is 0.252 e. The molecule has 2 atom stereocenters. The molecule has 1 fully saturated rings. The summed E-state index contributed by atoms with van der Waals surface area (Å²) in [6.45, 7) is 2.24. The number of rotatable bonds is 2. The maximum absolute atomic E-state index is 12.0. The van der Waals surface area contributed by atoms with Crippen molar-refractivity contribution in [3.63, 3.8) is 0 Å². The Morgan fingerprint density at radius 3 is 2.88 bits per heavy atom. The van der Waals surface area contributed by atoms with Crippen molar-refractivity contribution in [2.45, 2.75) is 38.6 Å². The lowest BCUT2D eigenvalue weighted by Gasteiger charge is -2.29. The highest BCUT2D eigenvalue weighted by atomic mass is 127. The first-order chi connectivity index (χ1) is 7.66. The Hall–Kier alpha value is -0.100. The second-order valence-electron chi connectivity index (χ2n) is 4.48. The van der Waals surface area contributed by atoms with Crippen LogP contribution in [0.2, 0.25) is 0 Å². The summed E-state index contributed by atoms with van der Waals surface area (Å²) in [6.07, 6.45) is 4.93. The van der Waals surface area contributed by atoms with E-state index in [0.717, 1.165) is 12.0 Å². The van der Waals surface area contributed by atoms with E-state index in [-0.39, 0.29) is 5.91 Å². The van der Waals surface area contributed by atoms with Crippen molar-refractivity contribution in [3.8, 4) is 0 Å². The summed E-state index contributed by atoms with van der Waals surface area (Å²) in [6, 6.07) is 2.33. The summed E-state index contributed by atoms with van der Waals surface area (Å²) in [5.74, 6) is 0.716. The van der Waals surface area contributed by atoms with E-state index < -0.39 is 0 Å². The number of halogens is 1. The fourth-order valence-electron chi connectivity index (χ4n) is 2.21. The summed E-state index contributed by atoms with van der Waals surface area (Å²) < 4.78 is 1.17. The molecule has 4 heteroatoms. The van der Waals surface area contributed by atoms with Gasteiger partial charge in [0.05, 0.1) is 8.45 Å². The van der Waals surface area contributed by atoms with E-state index in [9.17, 15) is 4.79 Å². The van der Waals surface area contributed by atoms with Crippen LogP contribution < -0.4 is 5.32 Å². The predicted molar refractivity (Wildman–Crippen MR) is 75.9 cm³/mol. The number of hydrogen-bond donors (Lipinski definition) is 1. The van der Waals surface area contributed by atoms with Crippen LogP contribution in [0.5, 0.6) is 0 Å². The number of amides is 1. The Labute approximate surface area is 114 Å². The topological polar surface area (TPSA) is 29.1 Å². The monoisotopic (exact) mass is 349 g/mol. The number of carbonyl (C=O) groups excluding carboxylic acids is 1. The van der Waals surface area contributed by atoms with Crippen molar-refractivity contribution >= 4 is 39.8 Å². The first kappa shape index (κ1) is 12.4. The van der Waals surface area contributed by atoms with Crippen LogP contribution in [0.25, 0.3) is 0 Å². The molecule has 0 aromatic carbocycles. The van der Waals surface area contributed by atoms with Gasteiger partial charge in [-0.3, -0.25) is 4.79 Å². The quantitative estimate of drug-likeness (QED) is 0.812. The molecule has 1 amide bonds. The van der Waals surface area contributed by atoms with E-state index in [1.807, 2.05) is 11.4 Å². The summed E-state index contributed by atoms with van der Waals surface area (Å²) in [4.78, 5) is 12.0. The van der Waals surface area contributed by atoms with Crippen molar-refractivity contribution in [2.75, 3.05) is 0 Å². The summed E-state index contributed by atoms with van der Waals surface area (Å²) in [5.41, 5.74) is 0.812. The lowest BCUT2D eigenvalue weighted by molar-refractivity contribution is 0.0910. The van der Waals surface area contributed by atoms with Gasteiger partial charge in [-0.25, -0.2) is 0 Å². The fourth-order valence-corrected chi connectivity index (χ4v) is 3.54. The number of nitrogens with one attached hydrogen (secondary N) is 1. The Kier molecular flexibility index (Phi) is 4.24. The highest BCUT2D eigenvalue weighted by Gasteiger charge is 2.23. The molecule has 1 saturated carbocycles. The van der Waals surface area contributed by atoms with Crippen LogP contribution in [0.4, 0.5) is 0 Å². The first-order valence-corrected chi connectivity index (χ1v) is 7.67. The smallest absolute Gasteiger partial charge is 0.252 e. The average molecular weight is 349 g/mol. The van der Waals surface area contributed by atoms with Crippen LogP contribution in [0.15, 0.2) is 11.4 Å². The standard InChI is InChI=1S/C12H16INOS/c1-8-4-2-3-5-10(8)14-12(15)9-6-11(13)16-7-9/h6-8,10H,2-5H2,1H3,(H,14,15). The second kappa shape index (κ2) is 5.49. The van der Waals surface area contributed by atoms with E-state index in [1.54, 1.807) is 11.3 Å². The summed E-state index contributed by atoms with van der Waals surface area (Å²) >= 11 is 3.87. The molecule has 0 radical (unpaired) electrons. The highest BCUT2D eigenvalue weighted by Crippen LogP contribution is 2.24. The molecule has 2 rings (SSSR count). The molecular formula is C12H16INOS. The van der Waals surface area contributed by atoms with Gasteiger partial charge < -0.3 is 5.32 Å². The van der Waals surface area contributed by atoms with E-state index in [4.69, 9.17) is 0 Å². The maximum atomic E-state index is 12.0. The normalized spacial score (nSPS) is 25.4. The van der Waals surface area contributed by atoms with Crippen LogP contribution in [0.1, 0.15) is 43.0 Å². The third-order valence-electron chi connectivity index (χ3n) is 3.26. The van der Waals surface area contributed by atoms with E-state index in [1.165, 1.54) is 22.1 Å². The zero-order valence-corrected chi connectivity index (χ0v) is 12.3. The predicted octanol–water partition coefficient (Wildman–Crippen LogP) is 3.66. The minimum absolute atomic E-state index is 0.0953. The van der Waals surface area contributed by atoms with E-state index in [2.05, 4.69) is 34.8 Å². The molecule has 0 spiro atoms. The molecule has 1 N–H and O–H groups in total. The van der Waals surface area contributed by atoms with Crippen LogP contribution in [-0.4, -0.2) is 11.9 Å². The van der Waals surface area contributed by atoms with Crippen LogP contribution in [0.3, 0.4) is 0 Å². The third kappa shape index (κ3) is 2.97. The van der Waals surface area contributed by atoms with Gasteiger partial charge >= 0.3 is 0 Å². The van der Waals surface area contributed by atoms with Gasteiger partial charge in [0.15, 0.2) is 0 Å². The lowest BCUT2D eigenvalue weighted by Crippen LogP contribution is -2.40. The SMILES string of the molecule is CC1CCCCC1NC(=O)c1csc(I)c1. The van der Waals surface area contributed by atoms with Gasteiger partial charge in [0, 0.05) is 11.4 Å². The van der Waals surface area contributed by atoms with Gasteiger partial charge in [-0.2, -0.15) is 0 Å². The highest BCUT2D eigenvalue weighted by molar-refractivity contribution is 14.1. The lowest BCUT2D eigenvalue weighted by atomic mass is 9.86. The molecule has 1 aromatic rings. The van der Waals surface area contributed by atoms with Crippen molar-refractivity contribution in [1.82, 2.24) is 5.32 Å². The fraction of sp³-hybridized carbons (Fsp3) is 0.583. The van der Waals surface area contributed by atoms with Crippen molar-refractivity contribution in [3.05, 3.63) is 19.9 Å². The molecule has 1 heterocycles. The Morgan fingerprint density at radius 1 is 1.50 bits per heavy atom. The Morgan fingerprint density at radius 2 is 2.25 bits per heavy atom. The molecule has 2 unspecified atom stereocenters. The molecule has 88 valence electrons. The molecular weight excluding hydrogens is 333 g/mol. The van der Waals surface area contributed by atoms with Gasteiger partial charge in [0.25, 0.3) is 5.91 Å². The Balaban J connectivity index is 1.96. The summed E-state index contributed by atoms with van der Waals surface area (Å²) in [7, 11) is 0. The molecule has 0 bridgehead atoms. The van der Waals surface area contributed by atoms with Crippen LogP contribution in [0, 0.1) is 8.80 Å². The molecule has 0 saturated heterocycles. The van der Waals surface area contributed by atoms with Crippen molar-refractivity contribution in [2.24, 2.45) is 5.92 Å². The third-order valence-corrected chi connectivity index (χ3v) is 5.05.